The Bertz CT molecular complexity index is 404. The molecule has 0 saturated carbocycles. The minimum atomic E-state index is -0.320. The van der Waals surface area contributed by atoms with Gasteiger partial charge in [-0.1, -0.05) is 0 Å². The number of rotatable bonds is 4. The van der Waals surface area contributed by atoms with Crippen LogP contribution < -0.4 is 15.8 Å². The fourth-order valence-corrected chi connectivity index (χ4v) is 1.45. The summed E-state index contributed by atoms with van der Waals surface area (Å²) in [6, 6.07) is 7.78. The number of nitrogens with two attached hydrogens (primary N) is 1. The van der Waals surface area contributed by atoms with E-state index in [1.54, 1.807) is 0 Å². The van der Waals surface area contributed by atoms with Gasteiger partial charge < -0.3 is 20.5 Å². The molecule has 2 rings (SSSR count). The third-order valence-electron chi connectivity index (χ3n) is 2.29. The van der Waals surface area contributed by atoms with E-state index in [1.165, 1.54) is 0 Å². The summed E-state index contributed by atoms with van der Waals surface area (Å²) in [6.07, 6.45) is 1.86. The number of ether oxygens (including phenoxy) is 2. The SMILES string of the molecule is CC(C)(N)COc1ccc(C2=CNCO2)cc1. The van der Waals surface area contributed by atoms with Crippen molar-refractivity contribution in [3.8, 4) is 5.75 Å². The van der Waals surface area contributed by atoms with Crippen LogP contribution in [0.1, 0.15) is 19.4 Å². The van der Waals surface area contributed by atoms with Gasteiger partial charge in [0.15, 0.2) is 6.73 Å². The molecule has 1 aromatic carbocycles. The summed E-state index contributed by atoms with van der Waals surface area (Å²) in [5.41, 5.74) is 6.57. The molecule has 4 nitrogen and oxygen atoms in total. The second-order valence-electron chi connectivity index (χ2n) is 4.80. The van der Waals surface area contributed by atoms with Crippen molar-refractivity contribution in [3.63, 3.8) is 0 Å². The average Bonchev–Trinajstić information content (AvgIpc) is 2.79. The van der Waals surface area contributed by atoms with Gasteiger partial charge in [-0.05, 0) is 38.1 Å². The highest BCUT2D eigenvalue weighted by atomic mass is 16.5. The molecule has 1 aliphatic rings. The maximum Gasteiger partial charge on any atom is 0.158 e. The van der Waals surface area contributed by atoms with Gasteiger partial charge >= 0.3 is 0 Å². The topological polar surface area (TPSA) is 56.5 Å². The summed E-state index contributed by atoms with van der Waals surface area (Å²) in [5.74, 6) is 1.68. The molecule has 0 unspecified atom stereocenters. The molecule has 3 N–H and O–H groups in total. The first-order valence-corrected chi connectivity index (χ1v) is 5.63. The fourth-order valence-electron chi connectivity index (χ4n) is 1.45. The molecule has 17 heavy (non-hydrogen) atoms. The van der Waals surface area contributed by atoms with Crippen LogP contribution in [0.3, 0.4) is 0 Å². The molecular weight excluding hydrogens is 216 g/mol. The lowest BCUT2D eigenvalue weighted by atomic mass is 10.1. The maximum absolute atomic E-state index is 5.85. The summed E-state index contributed by atoms with van der Waals surface area (Å²) < 4.78 is 11.0. The van der Waals surface area contributed by atoms with Crippen LogP contribution in [0.4, 0.5) is 0 Å². The van der Waals surface area contributed by atoms with Gasteiger partial charge in [0.05, 0.1) is 0 Å². The van der Waals surface area contributed by atoms with Crippen molar-refractivity contribution < 1.29 is 9.47 Å². The van der Waals surface area contributed by atoms with Gasteiger partial charge in [0.25, 0.3) is 0 Å². The van der Waals surface area contributed by atoms with Crippen molar-refractivity contribution >= 4 is 5.76 Å². The van der Waals surface area contributed by atoms with Crippen molar-refractivity contribution in [3.05, 3.63) is 36.0 Å². The first-order valence-electron chi connectivity index (χ1n) is 5.63. The highest BCUT2D eigenvalue weighted by Gasteiger charge is 2.12. The molecule has 0 aromatic heterocycles. The summed E-state index contributed by atoms with van der Waals surface area (Å²) in [5, 5.41) is 3.00. The molecule has 0 aliphatic carbocycles. The number of nitrogens with one attached hydrogen (secondary N) is 1. The first kappa shape index (κ1) is 11.8. The molecule has 0 amide bonds. The van der Waals surface area contributed by atoms with E-state index >= 15 is 0 Å². The standard InChI is InChI=1S/C13H18N2O2/c1-13(2,14)8-16-11-5-3-10(4-6-11)12-7-15-9-17-12/h3-7,15H,8-9,14H2,1-2H3. The van der Waals surface area contributed by atoms with E-state index in [0.717, 1.165) is 17.1 Å². The van der Waals surface area contributed by atoms with Crippen molar-refractivity contribution in [2.75, 3.05) is 13.3 Å². The predicted octanol–water partition coefficient (Wildman–Crippen LogP) is 1.68. The molecule has 1 aromatic rings. The van der Waals surface area contributed by atoms with Gasteiger partial charge in [-0.3, -0.25) is 0 Å². The Hall–Kier alpha value is -1.68. The molecule has 92 valence electrons. The van der Waals surface area contributed by atoms with Gasteiger partial charge in [-0.25, -0.2) is 0 Å². The van der Waals surface area contributed by atoms with Crippen LogP contribution in [-0.4, -0.2) is 18.9 Å². The third-order valence-corrected chi connectivity index (χ3v) is 2.29. The van der Waals surface area contributed by atoms with Crippen LogP contribution >= 0.6 is 0 Å². The predicted molar refractivity (Wildman–Crippen MR) is 67.3 cm³/mol. The van der Waals surface area contributed by atoms with Gasteiger partial charge in [-0.15, -0.1) is 0 Å². The largest absolute Gasteiger partial charge is 0.492 e. The number of hydrogen-bond donors (Lipinski definition) is 2. The Balaban J connectivity index is 1.98. The first-order chi connectivity index (χ1) is 8.04. The molecule has 0 fully saturated rings. The summed E-state index contributed by atoms with van der Waals surface area (Å²) in [6.45, 7) is 4.90. The van der Waals surface area contributed by atoms with E-state index in [0.29, 0.717) is 13.3 Å². The van der Waals surface area contributed by atoms with E-state index in [1.807, 2.05) is 44.3 Å². The lowest BCUT2D eigenvalue weighted by molar-refractivity contribution is 0.243. The maximum atomic E-state index is 5.85. The van der Waals surface area contributed by atoms with E-state index in [4.69, 9.17) is 15.2 Å². The van der Waals surface area contributed by atoms with Crippen molar-refractivity contribution in [1.29, 1.82) is 0 Å². The summed E-state index contributed by atoms with van der Waals surface area (Å²) >= 11 is 0. The quantitative estimate of drug-likeness (QED) is 0.832. The van der Waals surface area contributed by atoms with Gasteiger partial charge in [0.2, 0.25) is 0 Å². The van der Waals surface area contributed by atoms with Crippen LogP contribution in [0.15, 0.2) is 30.5 Å². The van der Waals surface area contributed by atoms with E-state index in [2.05, 4.69) is 5.32 Å². The number of benzene rings is 1. The Kier molecular flexibility index (Phi) is 3.24. The van der Waals surface area contributed by atoms with Gasteiger partial charge in [-0.2, -0.15) is 0 Å². The van der Waals surface area contributed by atoms with Crippen LogP contribution in [0.5, 0.6) is 5.75 Å². The van der Waals surface area contributed by atoms with Crippen molar-refractivity contribution in [1.82, 2.24) is 5.32 Å². The van der Waals surface area contributed by atoms with Crippen LogP contribution in [0, 0.1) is 0 Å². The molecule has 0 radical (unpaired) electrons. The second kappa shape index (κ2) is 4.67. The molecule has 0 saturated heterocycles. The highest BCUT2D eigenvalue weighted by molar-refractivity contribution is 5.61. The van der Waals surface area contributed by atoms with E-state index < -0.39 is 0 Å². The van der Waals surface area contributed by atoms with E-state index in [9.17, 15) is 0 Å². The molecule has 0 spiro atoms. The lowest BCUT2D eigenvalue weighted by Gasteiger charge is -2.19. The Morgan fingerprint density at radius 3 is 2.59 bits per heavy atom. The van der Waals surface area contributed by atoms with Crippen molar-refractivity contribution in [2.24, 2.45) is 5.73 Å². The van der Waals surface area contributed by atoms with Crippen LogP contribution in [0.2, 0.25) is 0 Å². The summed E-state index contributed by atoms with van der Waals surface area (Å²) in [4.78, 5) is 0. The molecule has 4 heteroatoms. The number of hydrogen-bond acceptors (Lipinski definition) is 4. The zero-order valence-corrected chi connectivity index (χ0v) is 10.2. The third kappa shape index (κ3) is 3.39. The zero-order chi connectivity index (χ0) is 12.3. The second-order valence-corrected chi connectivity index (χ2v) is 4.80. The van der Waals surface area contributed by atoms with Gasteiger partial charge in [0, 0.05) is 17.3 Å². The molecule has 0 atom stereocenters. The van der Waals surface area contributed by atoms with E-state index in [-0.39, 0.29) is 5.54 Å². The average molecular weight is 234 g/mol. The Labute approximate surface area is 101 Å². The fraction of sp³-hybridized carbons (Fsp3) is 0.385. The highest BCUT2D eigenvalue weighted by Crippen LogP contribution is 2.21. The van der Waals surface area contributed by atoms with Crippen LogP contribution in [-0.2, 0) is 4.74 Å². The molecule has 0 bridgehead atoms. The summed E-state index contributed by atoms with van der Waals surface area (Å²) in [7, 11) is 0. The minimum absolute atomic E-state index is 0.320. The van der Waals surface area contributed by atoms with Crippen molar-refractivity contribution in [2.45, 2.75) is 19.4 Å². The lowest BCUT2D eigenvalue weighted by Crippen LogP contribution is -2.38. The Morgan fingerprint density at radius 2 is 2.06 bits per heavy atom. The zero-order valence-electron chi connectivity index (χ0n) is 10.2. The molecular formula is C13H18N2O2. The Morgan fingerprint density at radius 1 is 1.35 bits per heavy atom. The smallest absolute Gasteiger partial charge is 0.158 e. The van der Waals surface area contributed by atoms with Gasteiger partial charge in [0.1, 0.15) is 18.1 Å². The normalized spacial score (nSPS) is 14.9. The molecule has 1 aliphatic heterocycles. The van der Waals surface area contributed by atoms with Crippen LogP contribution in [0.25, 0.3) is 5.76 Å². The molecule has 1 heterocycles. The minimum Gasteiger partial charge on any atom is -0.492 e. The monoisotopic (exact) mass is 234 g/mol.